The second-order valence-corrected chi connectivity index (χ2v) is 7.30. The second kappa shape index (κ2) is 8.21. The van der Waals surface area contributed by atoms with Gasteiger partial charge in [0, 0.05) is 6.07 Å². The molecule has 0 unspecified atom stereocenters. The van der Waals surface area contributed by atoms with E-state index in [1.165, 1.54) is 18.2 Å². The zero-order valence-corrected chi connectivity index (χ0v) is 15.8. The summed E-state index contributed by atoms with van der Waals surface area (Å²) in [5.74, 6) is 0.537. The van der Waals surface area contributed by atoms with E-state index >= 15 is 0 Å². The monoisotopic (exact) mass is 418 g/mol. The lowest BCUT2D eigenvalue weighted by atomic mass is 9.96. The molecule has 160 valence electrons. The van der Waals surface area contributed by atoms with Gasteiger partial charge >= 0.3 is 0 Å². The van der Waals surface area contributed by atoms with Crippen LogP contribution in [0.2, 0.25) is 0 Å². The smallest absolute Gasteiger partial charge is 0.229 e. The van der Waals surface area contributed by atoms with Gasteiger partial charge in [0.05, 0.1) is 18.6 Å². The van der Waals surface area contributed by atoms with E-state index in [0.29, 0.717) is 22.6 Å². The topological polar surface area (TPSA) is 146 Å². The number of carbonyl (C=O) groups is 1. The van der Waals surface area contributed by atoms with E-state index in [9.17, 15) is 30.3 Å². The number of rotatable bonds is 4. The number of benzene rings is 2. The molecule has 0 spiro atoms. The molecule has 2 aromatic carbocycles. The van der Waals surface area contributed by atoms with Crippen LogP contribution >= 0.6 is 0 Å². The number of aliphatic hydroxyl groups is 4. The Bertz CT molecular complexity index is 911. The molecule has 5 N–H and O–H groups in total. The summed E-state index contributed by atoms with van der Waals surface area (Å²) >= 11 is 0. The molecule has 1 saturated heterocycles. The summed E-state index contributed by atoms with van der Waals surface area (Å²) in [4.78, 5) is 12.4. The molecule has 2 aliphatic heterocycles. The fourth-order valence-corrected chi connectivity index (χ4v) is 3.56. The number of phenolic OH excluding ortho intramolecular Hbond substituents is 1. The van der Waals surface area contributed by atoms with E-state index in [1.807, 2.05) is 0 Å². The van der Waals surface area contributed by atoms with Crippen LogP contribution in [0.3, 0.4) is 0 Å². The fourth-order valence-electron chi connectivity index (χ4n) is 3.56. The minimum absolute atomic E-state index is 0.00507. The summed E-state index contributed by atoms with van der Waals surface area (Å²) in [6.45, 7) is -0.548. The minimum Gasteiger partial charge on any atom is -0.508 e. The van der Waals surface area contributed by atoms with Crippen LogP contribution in [0, 0.1) is 0 Å². The molecule has 0 aliphatic carbocycles. The summed E-state index contributed by atoms with van der Waals surface area (Å²) in [6.07, 6.45) is -7.24. The standard InChI is InChI=1S/C21H22O9/c22-9-17-18(25)19(26)20(27)21(30-17)28-12-4-1-10(2-5-12)15-8-14(24)13-6-3-11(23)7-16(13)29-15/h1-7,15,17-23,25-27H,8-9H2/t15-,17-,18+,19+,20+,21+/m0/s1. The molecule has 1 fully saturated rings. The van der Waals surface area contributed by atoms with Crippen molar-refractivity contribution in [3.05, 3.63) is 53.6 Å². The van der Waals surface area contributed by atoms with E-state index < -0.39 is 43.4 Å². The molecular formula is C21H22O9. The van der Waals surface area contributed by atoms with Crippen LogP contribution in [0.1, 0.15) is 28.4 Å². The van der Waals surface area contributed by atoms with E-state index in [-0.39, 0.29) is 18.0 Å². The van der Waals surface area contributed by atoms with Crippen molar-refractivity contribution < 1.29 is 44.5 Å². The van der Waals surface area contributed by atoms with Gasteiger partial charge in [0.15, 0.2) is 5.78 Å². The molecule has 9 heteroatoms. The maximum absolute atomic E-state index is 12.4. The van der Waals surface area contributed by atoms with Crippen molar-refractivity contribution in [1.82, 2.24) is 0 Å². The first-order chi connectivity index (χ1) is 14.4. The number of carbonyl (C=O) groups excluding carboxylic acids is 1. The average Bonchev–Trinajstić information content (AvgIpc) is 2.74. The van der Waals surface area contributed by atoms with Crippen LogP contribution in [0.25, 0.3) is 0 Å². The van der Waals surface area contributed by atoms with E-state index in [2.05, 4.69) is 0 Å². The molecule has 0 amide bonds. The zero-order chi connectivity index (χ0) is 21.4. The van der Waals surface area contributed by atoms with Gasteiger partial charge in [-0.15, -0.1) is 0 Å². The molecule has 9 nitrogen and oxygen atoms in total. The van der Waals surface area contributed by atoms with Crippen LogP contribution in [0.5, 0.6) is 17.2 Å². The van der Waals surface area contributed by atoms with Crippen LogP contribution in [0.15, 0.2) is 42.5 Å². The van der Waals surface area contributed by atoms with Gasteiger partial charge in [0.1, 0.15) is 47.8 Å². The number of ether oxygens (including phenoxy) is 3. The lowest BCUT2D eigenvalue weighted by molar-refractivity contribution is -0.277. The second-order valence-electron chi connectivity index (χ2n) is 7.30. The molecule has 0 aromatic heterocycles. The molecule has 2 heterocycles. The highest BCUT2D eigenvalue weighted by atomic mass is 16.7. The van der Waals surface area contributed by atoms with Crippen LogP contribution in [-0.2, 0) is 4.74 Å². The Hall–Kier alpha value is -2.69. The highest BCUT2D eigenvalue weighted by Gasteiger charge is 2.44. The number of fused-ring (bicyclic) bond motifs is 1. The van der Waals surface area contributed by atoms with Crippen LogP contribution in [0.4, 0.5) is 0 Å². The predicted molar refractivity (Wildman–Crippen MR) is 101 cm³/mol. The Morgan fingerprint density at radius 2 is 1.73 bits per heavy atom. The Kier molecular flexibility index (Phi) is 5.63. The number of Topliss-reactive ketones (excluding diaryl/α,β-unsaturated/α-hetero) is 1. The van der Waals surface area contributed by atoms with E-state index in [4.69, 9.17) is 14.2 Å². The summed E-state index contributed by atoms with van der Waals surface area (Å²) < 4.78 is 16.7. The van der Waals surface area contributed by atoms with Gasteiger partial charge in [-0.2, -0.15) is 0 Å². The molecule has 0 saturated carbocycles. The van der Waals surface area contributed by atoms with Crippen molar-refractivity contribution in [3.63, 3.8) is 0 Å². The van der Waals surface area contributed by atoms with Gasteiger partial charge in [0.2, 0.25) is 6.29 Å². The van der Waals surface area contributed by atoms with Gasteiger partial charge < -0.3 is 39.7 Å². The largest absolute Gasteiger partial charge is 0.508 e. The van der Waals surface area contributed by atoms with Crippen molar-refractivity contribution in [2.75, 3.05) is 6.61 Å². The van der Waals surface area contributed by atoms with Crippen LogP contribution < -0.4 is 9.47 Å². The maximum atomic E-state index is 12.4. The number of hydrogen-bond donors (Lipinski definition) is 5. The summed E-state index contributed by atoms with van der Waals surface area (Å²) in [5, 5.41) is 48.6. The zero-order valence-electron chi connectivity index (χ0n) is 15.8. The third-order valence-electron chi connectivity index (χ3n) is 5.26. The molecule has 30 heavy (non-hydrogen) atoms. The first-order valence-corrected chi connectivity index (χ1v) is 9.47. The van der Waals surface area contributed by atoms with Crippen molar-refractivity contribution in [3.8, 4) is 17.2 Å². The number of aliphatic hydroxyl groups excluding tert-OH is 4. The summed E-state index contributed by atoms with van der Waals surface area (Å²) in [6, 6.07) is 10.9. The lowest BCUT2D eigenvalue weighted by Crippen LogP contribution is -2.60. The average molecular weight is 418 g/mol. The highest BCUT2D eigenvalue weighted by Crippen LogP contribution is 2.37. The number of phenols is 1. The van der Waals surface area contributed by atoms with Gasteiger partial charge in [-0.05, 0) is 29.8 Å². The highest BCUT2D eigenvalue weighted by molar-refractivity contribution is 6.00. The van der Waals surface area contributed by atoms with Crippen molar-refractivity contribution in [1.29, 1.82) is 0 Å². The van der Waals surface area contributed by atoms with E-state index in [0.717, 1.165) is 0 Å². The Morgan fingerprint density at radius 1 is 1.00 bits per heavy atom. The Morgan fingerprint density at radius 3 is 2.43 bits per heavy atom. The fraction of sp³-hybridized carbons (Fsp3) is 0.381. The number of ketones is 1. The summed E-state index contributed by atoms with van der Waals surface area (Å²) in [7, 11) is 0. The molecule has 2 aliphatic rings. The third kappa shape index (κ3) is 3.85. The van der Waals surface area contributed by atoms with E-state index in [1.54, 1.807) is 24.3 Å². The first kappa shape index (κ1) is 20.6. The molecule has 6 atom stereocenters. The van der Waals surface area contributed by atoms with Gasteiger partial charge in [-0.1, -0.05) is 12.1 Å². The molecule has 4 rings (SSSR count). The van der Waals surface area contributed by atoms with Crippen LogP contribution in [-0.4, -0.2) is 68.6 Å². The maximum Gasteiger partial charge on any atom is 0.229 e. The van der Waals surface area contributed by atoms with Crippen molar-refractivity contribution >= 4 is 5.78 Å². The predicted octanol–water partition coefficient (Wildman–Crippen LogP) is 0.277. The van der Waals surface area contributed by atoms with Gasteiger partial charge in [-0.25, -0.2) is 0 Å². The number of hydrogen-bond acceptors (Lipinski definition) is 9. The Balaban J connectivity index is 1.46. The third-order valence-corrected chi connectivity index (χ3v) is 5.26. The molecule has 0 bridgehead atoms. The molecular weight excluding hydrogens is 396 g/mol. The van der Waals surface area contributed by atoms with Crippen molar-refractivity contribution in [2.24, 2.45) is 0 Å². The number of aromatic hydroxyl groups is 1. The minimum atomic E-state index is -1.53. The normalized spacial score (nSPS) is 31.0. The Labute approximate surface area is 171 Å². The summed E-state index contributed by atoms with van der Waals surface area (Å²) in [5.41, 5.74) is 1.13. The quantitative estimate of drug-likeness (QED) is 0.472. The van der Waals surface area contributed by atoms with Gasteiger partial charge in [-0.3, -0.25) is 4.79 Å². The molecule has 2 aromatic rings. The molecule has 0 radical (unpaired) electrons. The van der Waals surface area contributed by atoms with Gasteiger partial charge in [0.25, 0.3) is 0 Å². The SMILES string of the molecule is O=C1C[C@@H](c2ccc(O[C@@H]3O[C@@H](CO)[C@@H](O)[C@@H](O)[C@H]3O)cc2)Oc2cc(O)ccc21. The lowest BCUT2D eigenvalue weighted by Gasteiger charge is -2.39. The first-order valence-electron chi connectivity index (χ1n) is 9.47. The van der Waals surface area contributed by atoms with Crippen molar-refractivity contribution in [2.45, 2.75) is 43.2 Å².